The van der Waals surface area contributed by atoms with Crippen molar-refractivity contribution in [1.82, 2.24) is 10.2 Å². The summed E-state index contributed by atoms with van der Waals surface area (Å²) >= 11 is 0. The van der Waals surface area contributed by atoms with E-state index in [-0.39, 0.29) is 24.2 Å². The minimum absolute atomic E-state index is 0.0671. The molecule has 3 aliphatic rings. The van der Waals surface area contributed by atoms with E-state index in [0.717, 1.165) is 0 Å². The number of furan rings is 1. The number of aryl methyl sites for hydroxylation is 1. The summed E-state index contributed by atoms with van der Waals surface area (Å²) in [6.07, 6.45) is -1.42. The quantitative estimate of drug-likeness (QED) is 0.229. The Hall–Kier alpha value is -2.83. The van der Waals surface area contributed by atoms with Crippen LogP contribution in [0.15, 0.2) is 26.5 Å². The second-order valence-corrected chi connectivity index (χ2v) is 6.73. The Labute approximate surface area is 153 Å². The molecular formula is C15H20N6O6. The Morgan fingerprint density at radius 1 is 1.44 bits per heavy atom. The first-order valence-electron chi connectivity index (χ1n) is 8.26. The van der Waals surface area contributed by atoms with E-state index in [4.69, 9.17) is 20.6 Å². The molecule has 1 fully saturated rings. The molecule has 0 aromatic carbocycles. The summed E-state index contributed by atoms with van der Waals surface area (Å²) in [5, 5.41) is 34.3. The van der Waals surface area contributed by atoms with Gasteiger partial charge in [-0.2, -0.15) is 0 Å². The summed E-state index contributed by atoms with van der Waals surface area (Å²) in [7, 11) is 0. The number of nitrogens with zero attached hydrogens (tertiary/aromatic N) is 3. The van der Waals surface area contributed by atoms with Crippen LogP contribution in [-0.2, 0) is 4.74 Å². The number of esters is 1. The highest BCUT2D eigenvalue weighted by Gasteiger charge is 2.74. The average Bonchev–Trinajstić information content (AvgIpc) is 3.24. The molecule has 0 saturated carbocycles. The number of aliphatic imine (C=N–C) groups is 2. The van der Waals surface area contributed by atoms with Gasteiger partial charge in [-0.25, -0.2) is 14.8 Å². The van der Waals surface area contributed by atoms with Gasteiger partial charge in [0.05, 0.1) is 13.2 Å². The van der Waals surface area contributed by atoms with Gasteiger partial charge in [0, 0.05) is 0 Å². The van der Waals surface area contributed by atoms with E-state index in [2.05, 4.69) is 15.3 Å². The number of nitrogens with one attached hydrogen (secondary N) is 1. The molecule has 0 radical (unpaired) electrons. The number of rotatable bonds is 3. The van der Waals surface area contributed by atoms with Crippen molar-refractivity contribution in [2.75, 3.05) is 13.2 Å². The van der Waals surface area contributed by atoms with Crippen molar-refractivity contribution in [3.8, 4) is 0 Å². The van der Waals surface area contributed by atoms with Crippen LogP contribution in [0.25, 0.3) is 0 Å². The van der Waals surface area contributed by atoms with Crippen LogP contribution < -0.4 is 16.8 Å². The molecule has 0 bridgehead atoms. The molecule has 12 heteroatoms. The predicted octanol–water partition coefficient (Wildman–Crippen LogP) is -3.22. The summed E-state index contributed by atoms with van der Waals surface area (Å²) < 4.78 is 10.5. The lowest BCUT2D eigenvalue weighted by Crippen LogP contribution is -2.77. The Balaban J connectivity index is 1.69. The first-order chi connectivity index (χ1) is 12.7. The Morgan fingerprint density at radius 3 is 2.81 bits per heavy atom. The third-order valence-electron chi connectivity index (χ3n) is 5.13. The summed E-state index contributed by atoms with van der Waals surface area (Å²) in [4.78, 5) is 21.9. The highest BCUT2D eigenvalue weighted by atomic mass is 16.6. The zero-order valence-corrected chi connectivity index (χ0v) is 14.4. The highest BCUT2D eigenvalue weighted by molar-refractivity contribution is 5.88. The maximum Gasteiger partial charge on any atom is 0.374 e. The second-order valence-electron chi connectivity index (χ2n) is 6.73. The molecule has 12 nitrogen and oxygen atoms in total. The number of carbonyl (C=O) groups is 1. The van der Waals surface area contributed by atoms with Gasteiger partial charge >= 0.3 is 5.97 Å². The van der Waals surface area contributed by atoms with Crippen LogP contribution in [0.3, 0.4) is 0 Å². The van der Waals surface area contributed by atoms with Gasteiger partial charge in [-0.05, 0) is 19.1 Å². The largest absolute Gasteiger partial charge is 0.454 e. The minimum Gasteiger partial charge on any atom is -0.454 e. The monoisotopic (exact) mass is 380 g/mol. The predicted molar refractivity (Wildman–Crippen MR) is 90.3 cm³/mol. The zero-order chi connectivity index (χ0) is 19.6. The fourth-order valence-electron chi connectivity index (χ4n) is 3.90. The smallest absolute Gasteiger partial charge is 0.374 e. The number of aliphatic hydroxyl groups is 3. The standard InChI is InChI=1S/C15H20N6O6/c1-6-2-3-8(26-6)11(23)27-9-4-21-13(17)18-7(5-22)10-14(21,15(9,24)25)20-12(16)19-10/h2-3,7,9-10,22,24-25H,4-5H2,1H3,(H2,17,18)(H3,16,19,20)/t7-,9-,10-,14-/m0/s1. The van der Waals surface area contributed by atoms with Crippen LogP contribution >= 0.6 is 0 Å². The summed E-state index contributed by atoms with van der Waals surface area (Å²) in [6, 6.07) is 1.19. The van der Waals surface area contributed by atoms with Crippen molar-refractivity contribution < 1.29 is 29.3 Å². The Bertz CT molecular complexity index is 850. The van der Waals surface area contributed by atoms with Crippen molar-refractivity contribution >= 4 is 17.9 Å². The van der Waals surface area contributed by atoms with Crippen LogP contribution in [0.4, 0.5) is 0 Å². The first-order valence-corrected chi connectivity index (χ1v) is 8.26. The summed E-state index contributed by atoms with van der Waals surface area (Å²) in [5.41, 5.74) is 9.99. The third kappa shape index (κ3) is 2.23. The molecule has 4 atom stereocenters. The Kier molecular flexibility index (Phi) is 3.63. The van der Waals surface area contributed by atoms with Crippen molar-refractivity contribution in [2.24, 2.45) is 21.5 Å². The summed E-state index contributed by atoms with van der Waals surface area (Å²) in [5.74, 6) is -3.23. The van der Waals surface area contributed by atoms with E-state index in [0.29, 0.717) is 5.76 Å². The van der Waals surface area contributed by atoms with Crippen LogP contribution in [0.2, 0.25) is 0 Å². The fraction of sp³-hybridized carbons (Fsp3) is 0.533. The maximum atomic E-state index is 12.3. The number of nitrogens with two attached hydrogens (primary N) is 2. The first kappa shape index (κ1) is 17.6. The van der Waals surface area contributed by atoms with Gasteiger partial charge in [0.15, 0.2) is 23.7 Å². The molecule has 1 aromatic heterocycles. The summed E-state index contributed by atoms with van der Waals surface area (Å²) in [6.45, 7) is 1.04. The zero-order valence-electron chi connectivity index (χ0n) is 14.4. The molecule has 0 unspecified atom stereocenters. The SMILES string of the molecule is Cc1ccc(C(=O)O[C@H]2CN3C(N)=N[C@@H](CO)[C@@H]4N=C(N)N[C@@]43C2(O)O)o1. The van der Waals surface area contributed by atoms with Gasteiger partial charge in [0.25, 0.3) is 0 Å². The van der Waals surface area contributed by atoms with Gasteiger partial charge < -0.3 is 46.2 Å². The van der Waals surface area contributed by atoms with Crippen molar-refractivity contribution in [3.05, 3.63) is 23.7 Å². The van der Waals surface area contributed by atoms with Crippen molar-refractivity contribution in [1.29, 1.82) is 0 Å². The van der Waals surface area contributed by atoms with Crippen molar-refractivity contribution in [3.63, 3.8) is 0 Å². The topological polar surface area (TPSA) is 192 Å². The number of carbonyl (C=O) groups excluding carboxylic acids is 1. The molecule has 1 saturated heterocycles. The van der Waals surface area contributed by atoms with Gasteiger partial charge in [-0.1, -0.05) is 0 Å². The van der Waals surface area contributed by atoms with Crippen LogP contribution in [0, 0.1) is 6.92 Å². The molecule has 27 heavy (non-hydrogen) atoms. The molecule has 146 valence electrons. The second kappa shape index (κ2) is 5.58. The van der Waals surface area contributed by atoms with E-state index in [1.807, 2.05) is 0 Å². The number of hydrogen-bond donors (Lipinski definition) is 6. The van der Waals surface area contributed by atoms with Gasteiger partial charge in [-0.15, -0.1) is 0 Å². The average molecular weight is 380 g/mol. The number of ether oxygens (including phenoxy) is 1. The molecule has 1 spiro atoms. The lowest BCUT2D eigenvalue weighted by molar-refractivity contribution is -0.257. The normalized spacial score (nSPS) is 33.6. The van der Waals surface area contributed by atoms with E-state index in [1.54, 1.807) is 13.0 Å². The number of aliphatic hydroxyl groups excluding tert-OH is 1. The van der Waals surface area contributed by atoms with E-state index in [9.17, 15) is 20.1 Å². The molecule has 0 amide bonds. The van der Waals surface area contributed by atoms with Gasteiger partial charge in [-0.3, -0.25) is 0 Å². The van der Waals surface area contributed by atoms with Gasteiger partial charge in [0.1, 0.15) is 17.8 Å². The van der Waals surface area contributed by atoms with Crippen LogP contribution in [0.1, 0.15) is 16.3 Å². The highest BCUT2D eigenvalue weighted by Crippen LogP contribution is 2.45. The maximum absolute atomic E-state index is 12.3. The Morgan fingerprint density at radius 2 is 2.19 bits per heavy atom. The van der Waals surface area contributed by atoms with Gasteiger partial charge in [0.2, 0.25) is 11.5 Å². The minimum atomic E-state index is -2.65. The van der Waals surface area contributed by atoms with Crippen LogP contribution in [-0.4, -0.2) is 80.9 Å². The number of hydrogen-bond acceptors (Lipinski definition) is 12. The fourth-order valence-corrected chi connectivity index (χ4v) is 3.90. The number of guanidine groups is 2. The molecule has 1 aromatic rings. The molecular weight excluding hydrogens is 360 g/mol. The van der Waals surface area contributed by atoms with Crippen molar-refractivity contribution in [2.45, 2.75) is 36.6 Å². The third-order valence-corrected chi connectivity index (χ3v) is 5.13. The van der Waals surface area contributed by atoms with Crippen LogP contribution in [0.5, 0.6) is 0 Å². The molecule has 4 rings (SSSR count). The lowest BCUT2D eigenvalue weighted by Gasteiger charge is -2.48. The van der Waals surface area contributed by atoms with E-state index >= 15 is 0 Å². The van der Waals surface area contributed by atoms with E-state index in [1.165, 1.54) is 11.0 Å². The van der Waals surface area contributed by atoms with E-state index < -0.39 is 42.2 Å². The molecule has 4 heterocycles. The molecule has 0 aliphatic carbocycles. The molecule has 3 aliphatic heterocycles. The lowest BCUT2D eigenvalue weighted by atomic mass is 9.86. The molecule has 8 N–H and O–H groups in total.